The van der Waals surface area contributed by atoms with Crippen LogP contribution in [0.5, 0.6) is 0 Å². The van der Waals surface area contributed by atoms with Crippen molar-refractivity contribution in [3.05, 3.63) is 5.82 Å². The topological polar surface area (TPSA) is 60.7 Å². The monoisotopic (exact) mass is 140 g/mol. The van der Waals surface area contributed by atoms with Gasteiger partial charge < -0.3 is 0 Å². The van der Waals surface area contributed by atoms with Crippen molar-refractivity contribution in [1.82, 2.24) is 20.2 Å². The minimum atomic E-state index is 0.147. The van der Waals surface area contributed by atoms with E-state index in [4.69, 9.17) is 0 Å². The second-order valence-electron chi connectivity index (χ2n) is 1.86. The van der Waals surface area contributed by atoms with E-state index in [9.17, 15) is 4.79 Å². The molecule has 10 heavy (non-hydrogen) atoms. The minimum Gasteiger partial charge on any atom is -0.294 e. The third kappa shape index (κ3) is 1.37. The summed E-state index contributed by atoms with van der Waals surface area (Å²) in [6.45, 7) is 2.71. The number of aldehydes is 1. The zero-order valence-electron chi connectivity index (χ0n) is 5.69. The van der Waals surface area contributed by atoms with Crippen molar-refractivity contribution in [3.8, 4) is 0 Å². The first kappa shape index (κ1) is 6.85. The Hall–Kier alpha value is -1.26. The Balaban J connectivity index is 2.68. The number of carbonyl (C=O) groups is 1. The van der Waals surface area contributed by atoms with E-state index < -0.39 is 0 Å². The Bertz CT molecular complexity index is 219. The lowest BCUT2D eigenvalue weighted by Crippen LogP contribution is -2.01. The van der Waals surface area contributed by atoms with E-state index in [2.05, 4.69) is 15.4 Å². The van der Waals surface area contributed by atoms with Crippen LogP contribution < -0.4 is 0 Å². The van der Waals surface area contributed by atoms with E-state index in [1.54, 1.807) is 0 Å². The van der Waals surface area contributed by atoms with Crippen LogP contribution in [0.2, 0.25) is 0 Å². The Morgan fingerprint density at radius 3 is 3.00 bits per heavy atom. The number of tetrazole rings is 1. The third-order valence-corrected chi connectivity index (χ3v) is 0.997. The molecular weight excluding hydrogens is 132 g/mol. The van der Waals surface area contributed by atoms with Crippen molar-refractivity contribution in [2.45, 2.75) is 19.9 Å². The SMILES string of the molecule is CCCn1nnc(C=O)n1. The lowest BCUT2D eigenvalue weighted by Gasteiger charge is -1.89. The Labute approximate surface area is 58.0 Å². The van der Waals surface area contributed by atoms with Crippen molar-refractivity contribution in [3.63, 3.8) is 0 Å². The second kappa shape index (κ2) is 3.05. The third-order valence-electron chi connectivity index (χ3n) is 0.997. The van der Waals surface area contributed by atoms with Gasteiger partial charge in [-0.3, -0.25) is 4.79 Å². The first-order valence-corrected chi connectivity index (χ1v) is 3.09. The summed E-state index contributed by atoms with van der Waals surface area (Å²) in [7, 11) is 0. The predicted molar refractivity (Wildman–Crippen MR) is 33.5 cm³/mol. The van der Waals surface area contributed by atoms with Gasteiger partial charge in [0.1, 0.15) is 0 Å². The van der Waals surface area contributed by atoms with Gasteiger partial charge in [0.15, 0.2) is 6.29 Å². The van der Waals surface area contributed by atoms with Crippen molar-refractivity contribution in [1.29, 1.82) is 0 Å². The highest BCUT2D eigenvalue weighted by Gasteiger charge is 1.97. The number of hydrogen-bond donors (Lipinski definition) is 0. The van der Waals surface area contributed by atoms with Crippen molar-refractivity contribution in [2.75, 3.05) is 0 Å². The van der Waals surface area contributed by atoms with Crippen LogP contribution in [0.15, 0.2) is 0 Å². The fraction of sp³-hybridized carbons (Fsp3) is 0.600. The minimum absolute atomic E-state index is 0.147. The van der Waals surface area contributed by atoms with Crippen LogP contribution in [0.4, 0.5) is 0 Å². The molecule has 0 aliphatic carbocycles. The molecule has 0 spiro atoms. The molecule has 0 saturated carbocycles. The molecule has 0 aliphatic heterocycles. The van der Waals surface area contributed by atoms with Gasteiger partial charge in [0.05, 0.1) is 6.54 Å². The van der Waals surface area contributed by atoms with Gasteiger partial charge in [-0.05, 0) is 11.6 Å². The van der Waals surface area contributed by atoms with Crippen molar-refractivity contribution in [2.24, 2.45) is 0 Å². The summed E-state index contributed by atoms with van der Waals surface area (Å²) in [5, 5.41) is 10.8. The molecule has 0 fully saturated rings. The van der Waals surface area contributed by atoms with Crippen LogP contribution in [0, 0.1) is 0 Å². The molecule has 0 radical (unpaired) electrons. The van der Waals surface area contributed by atoms with Gasteiger partial charge in [-0.25, -0.2) is 0 Å². The predicted octanol–water partition coefficient (Wildman–Crippen LogP) is -0.104. The Kier molecular flexibility index (Phi) is 2.09. The molecule has 54 valence electrons. The summed E-state index contributed by atoms with van der Waals surface area (Å²) in [6, 6.07) is 0. The molecule has 0 saturated heterocycles. The first-order chi connectivity index (χ1) is 4.86. The van der Waals surface area contributed by atoms with Gasteiger partial charge in [0.25, 0.3) is 0 Å². The smallest absolute Gasteiger partial charge is 0.237 e. The Morgan fingerprint density at radius 2 is 2.50 bits per heavy atom. The van der Waals surface area contributed by atoms with E-state index >= 15 is 0 Å². The maximum atomic E-state index is 10.0. The molecule has 0 bridgehead atoms. The zero-order valence-corrected chi connectivity index (χ0v) is 5.69. The van der Waals surface area contributed by atoms with Gasteiger partial charge in [-0.1, -0.05) is 6.92 Å². The van der Waals surface area contributed by atoms with Gasteiger partial charge >= 0.3 is 0 Å². The van der Waals surface area contributed by atoms with Gasteiger partial charge in [-0.15, -0.1) is 10.2 Å². The molecule has 0 amide bonds. The van der Waals surface area contributed by atoms with E-state index in [0.29, 0.717) is 12.8 Å². The van der Waals surface area contributed by atoms with Crippen LogP contribution in [-0.2, 0) is 6.54 Å². The Morgan fingerprint density at radius 1 is 1.70 bits per heavy atom. The molecule has 0 aromatic carbocycles. The molecule has 5 heteroatoms. The summed E-state index contributed by atoms with van der Waals surface area (Å²) >= 11 is 0. The van der Waals surface area contributed by atoms with Crippen LogP contribution >= 0.6 is 0 Å². The summed E-state index contributed by atoms with van der Waals surface area (Å²) in [4.78, 5) is 11.5. The van der Waals surface area contributed by atoms with E-state index in [-0.39, 0.29) is 5.82 Å². The molecule has 0 unspecified atom stereocenters. The van der Waals surface area contributed by atoms with Crippen LogP contribution in [0.3, 0.4) is 0 Å². The van der Waals surface area contributed by atoms with Gasteiger partial charge in [0.2, 0.25) is 5.82 Å². The molecule has 0 atom stereocenters. The number of nitrogens with zero attached hydrogens (tertiary/aromatic N) is 4. The molecule has 1 heterocycles. The number of aryl methyl sites for hydroxylation is 1. The fourth-order valence-corrected chi connectivity index (χ4v) is 0.598. The van der Waals surface area contributed by atoms with Gasteiger partial charge in [-0.2, -0.15) is 4.80 Å². The summed E-state index contributed by atoms with van der Waals surface area (Å²) < 4.78 is 0. The quantitative estimate of drug-likeness (QED) is 0.550. The second-order valence-corrected chi connectivity index (χ2v) is 1.86. The molecule has 5 nitrogen and oxygen atoms in total. The lowest BCUT2D eigenvalue weighted by atomic mass is 10.5. The van der Waals surface area contributed by atoms with E-state index in [1.165, 1.54) is 4.80 Å². The normalized spacial score (nSPS) is 9.70. The largest absolute Gasteiger partial charge is 0.294 e. The van der Waals surface area contributed by atoms with E-state index in [0.717, 1.165) is 6.42 Å². The average Bonchev–Trinajstić information content (AvgIpc) is 2.37. The molecule has 0 N–H and O–H groups in total. The standard InChI is InChI=1S/C5H8N4O/c1-2-3-9-7-5(4-10)6-8-9/h4H,2-3H2,1H3. The zero-order chi connectivity index (χ0) is 7.40. The van der Waals surface area contributed by atoms with Crippen LogP contribution in [0.25, 0.3) is 0 Å². The number of hydrogen-bond acceptors (Lipinski definition) is 4. The molecule has 0 aliphatic rings. The summed E-state index contributed by atoms with van der Waals surface area (Å²) in [5.74, 6) is 0.147. The highest BCUT2D eigenvalue weighted by atomic mass is 16.1. The molecule has 1 aromatic heterocycles. The number of rotatable bonds is 3. The first-order valence-electron chi connectivity index (χ1n) is 3.09. The molecule has 1 rings (SSSR count). The van der Waals surface area contributed by atoms with Crippen LogP contribution in [-0.4, -0.2) is 26.5 Å². The average molecular weight is 140 g/mol. The molecular formula is C5H8N4O. The number of carbonyl (C=O) groups excluding carboxylic acids is 1. The summed E-state index contributed by atoms with van der Waals surface area (Å²) in [6.07, 6.45) is 1.52. The molecule has 1 aromatic rings. The summed E-state index contributed by atoms with van der Waals surface area (Å²) in [5.41, 5.74) is 0. The van der Waals surface area contributed by atoms with E-state index in [1.807, 2.05) is 6.92 Å². The maximum Gasteiger partial charge on any atom is 0.237 e. The van der Waals surface area contributed by atoms with Crippen molar-refractivity contribution < 1.29 is 4.79 Å². The maximum absolute atomic E-state index is 10.0. The highest BCUT2D eigenvalue weighted by molar-refractivity contribution is 5.67. The highest BCUT2D eigenvalue weighted by Crippen LogP contribution is 1.83. The van der Waals surface area contributed by atoms with Crippen LogP contribution in [0.1, 0.15) is 24.0 Å². The van der Waals surface area contributed by atoms with Crippen molar-refractivity contribution >= 4 is 6.29 Å². The fourth-order valence-electron chi connectivity index (χ4n) is 0.598. The van der Waals surface area contributed by atoms with Gasteiger partial charge in [0, 0.05) is 0 Å². The lowest BCUT2D eigenvalue weighted by molar-refractivity contribution is 0.111. The number of aromatic nitrogens is 4.